The van der Waals surface area contributed by atoms with Gasteiger partial charge in [0.15, 0.2) is 0 Å². The Morgan fingerprint density at radius 2 is 2.05 bits per heavy atom. The molecule has 0 aromatic heterocycles. The van der Waals surface area contributed by atoms with E-state index in [1.807, 2.05) is 0 Å². The maximum absolute atomic E-state index is 11.7. The van der Waals surface area contributed by atoms with Crippen LogP contribution in [-0.2, 0) is 9.57 Å². The number of rotatable bonds is 6. The number of esters is 1. The van der Waals surface area contributed by atoms with E-state index in [1.54, 1.807) is 6.92 Å². The number of benzene rings is 1. The Hall–Kier alpha value is -2.34. The van der Waals surface area contributed by atoms with Crippen LogP contribution in [0.5, 0.6) is 0 Å². The Morgan fingerprint density at radius 3 is 2.68 bits per heavy atom. The average Bonchev–Trinajstić information content (AvgIpc) is 2.41. The van der Waals surface area contributed by atoms with Crippen LogP contribution in [0.25, 0.3) is 0 Å². The molecule has 1 amide bonds. The highest BCUT2D eigenvalue weighted by Crippen LogP contribution is 2.13. The molecule has 0 aliphatic rings. The first-order chi connectivity index (χ1) is 9.08. The molecule has 102 valence electrons. The third kappa shape index (κ3) is 4.44. The number of ether oxygens (including phenoxy) is 1. The standard InChI is InChI=1S/C13H16N2O4/c1-3-5-18-13(17)10-6-9(7-11(14)8-10)12(16)15-19-4-2/h3,6-8H,1,4-5,14H2,2H3,(H,15,16). The number of nitrogens with two attached hydrogens (primary N) is 1. The fraction of sp³-hybridized carbons (Fsp3) is 0.231. The van der Waals surface area contributed by atoms with Crippen LogP contribution in [0, 0.1) is 0 Å². The third-order valence-electron chi connectivity index (χ3n) is 2.09. The van der Waals surface area contributed by atoms with E-state index in [0.717, 1.165) is 0 Å². The number of carbonyl (C=O) groups is 2. The van der Waals surface area contributed by atoms with Gasteiger partial charge < -0.3 is 10.5 Å². The molecule has 0 aliphatic carbocycles. The number of carbonyl (C=O) groups excluding carboxylic acids is 2. The van der Waals surface area contributed by atoms with Crippen LogP contribution in [0.3, 0.4) is 0 Å². The van der Waals surface area contributed by atoms with E-state index in [1.165, 1.54) is 24.3 Å². The summed E-state index contributed by atoms with van der Waals surface area (Å²) in [6.45, 7) is 5.60. The van der Waals surface area contributed by atoms with Gasteiger partial charge in [-0.05, 0) is 25.1 Å². The van der Waals surface area contributed by atoms with Crippen LogP contribution >= 0.6 is 0 Å². The molecule has 1 aromatic carbocycles. The highest BCUT2D eigenvalue weighted by Gasteiger charge is 2.13. The summed E-state index contributed by atoms with van der Waals surface area (Å²) in [4.78, 5) is 28.1. The molecular formula is C13H16N2O4. The van der Waals surface area contributed by atoms with Crippen molar-refractivity contribution >= 4 is 17.6 Å². The van der Waals surface area contributed by atoms with Gasteiger partial charge in [-0.2, -0.15) is 0 Å². The van der Waals surface area contributed by atoms with Gasteiger partial charge in [-0.25, -0.2) is 10.3 Å². The number of amides is 1. The largest absolute Gasteiger partial charge is 0.458 e. The van der Waals surface area contributed by atoms with Gasteiger partial charge in [0, 0.05) is 11.3 Å². The van der Waals surface area contributed by atoms with Gasteiger partial charge >= 0.3 is 5.97 Å². The third-order valence-corrected chi connectivity index (χ3v) is 2.09. The summed E-state index contributed by atoms with van der Waals surface area (Å²) in [6.07, 6.45) is 1.45. The lowest BCUT2D eigenvalue weighted by Gasteiger charge is -2.07. The predicted molar refractivity (Wildman–Crippen MR) is 70.4 cm³/mol. The Kier molecular flexibility index (Phi) is 5.56. The minimum Gasteiger partial charge on any atom is -0.458 e. The minimum absolute atomic E-state index is 0.0914. The summed E-state index contributed by atoms with van der Waals surface area (Å²) in [5.74, 6) is -1.05. The summed E-state index contributed by atoms with van der Waals surface area (Å²) in [5.41, 5.74) is 8.57. The van der Waals surface area contributed by atoms with Crippen molar-refractivity contribution in [2.45, 2.75) is 6.92 Å². The fourth-order valence-corrected chi connectivity index (χ4v) is 1.32. The van der Waals surface area contributed by atoms with Crippen LogP contribution < -0.4 is 11.2 Å². The molecule has 0 spiro atoms. The minimum atomic E-state index is -0.572. The van der Waals surface area contributed by atoms with E-state index in [2.05, 4.69) is 12.1 Å². The lowest BCUT2D eigenvalue weighted by molar-refractivity contribution is 0.0364. The molecule has 0 heterocycles. The molecule has 0 radical (unpaired) electrons. The van der Waals surface area contributed by atoms with Crippen molar-refractivity contribution in [2.75, 3.05) is 18.9 Å². The second-order valence-corrected chi connectivity index (χ2v) is 3.60. The molecule has 19 heavy (non-hydrogen) atoms. The summed E-state index contributed by atoms with van der Waals surface area (Å²) >= 11 is 0. The zero-order valence-corrected chi connectivity index (χ0v) is 10.6. The molecule has 1 aromatic rings. The number of hydroxylamine groups is 1. The van der Waals surface area contributed by atoms with E-state index in [9.17, 15) is 9.59 Å². The van der Waals surface area contributed by atoms with Gasteiger partial charge in [0.05, 0.1) is 12.2 Å². The van der Waals surface area contributed by atoms with Crippen molar-refractivity contribution in [3.8, 4) is 0 Å². The van der Waals surface area contributed by atoms with E-state index in [0.29, 0.717) is 6.61 Å². The summed E-state index contributed by atoms with van der Waals surface area (Å²) < 4.78 is 4.87. The number of nitrogen functional groups attached to an aromatic ring is 1. The lowest BCUT2D eigenvalue weighted by Crippen LogP contribution is -2.24. The van der Waals surface area contributed by atoms with E-state index < -0.39 is 11.9 Å². The highest BCUT2D eigenvalue weighted by atomic mass is 16.6. The maximum Gasteiger partial charge on any atom is 0.338 e. The molecule has 0 fully saturated rings. The predicted octanol–water partition coefficient (Wildman–Crippen LogP) is 1.29. The normalized spacial score (nSPS) is 9.74. The molecule has 0 saturated heterocycles. The van der Waals surface area contributed by atoms with Crippen molar-refractivity contribution in [3.05, 3.63) is 42.0 Å². The number of hydrogen-bond donors (Lipinski definition) is 2. The maximum atomic E-state index is 11.7. The molecule has 0 atom stereocenters. The fourth-order valence-electron chi connectivity index (χ4n) is 1.32. The van der Waals surface area contributed by atoms with Gasteiger partial charge in [0.1, 0.15) is 6.61 Å². The van der Waals surface area contributed by atoms with Crippen LogP contribution in [0.4, 0.5) is 5.69 Å². The van der Waals surface area contributed by atoms with Crippen molar-refractivity contribution in [2.24, 2.45) is 0 Å². The number of nitrogens with one attached hydrogen (secondary N) is 1. The second kappa shape index (κ2) is 7.17. The SMILES string of the molecule is C=CCOC(=O)c1cc(N)cc(C(=O)NOCC)c1. The molecular weight excluding hydrogens is 248 g/mol. The molecule has 1 rings (SSSR count). The zero-order valence-electron chi connectivity index (χ0n) is 10.6. The molecule has 3 N–H and O–H groups in total. The summed E-state index contributed by atoms with van der Waals surface area (Å²) in [5, 5.41) is 0. The van der Waals surface area contributed by atoms with Gasteiger partial charge in [-0.1, -0.05) is 12.7 Å². The van der Waals surface area contributed by atoms with Gasteiger partial charge in [-0.3, -0.25) is 9.63 Å². The van der Waals surface area contributed by atoms with E-state index in [-0.39, 0.29) is 23.4 Å². The van der Waals surface area contributed by atoms with Crippen LogP contribution in [0.2, 0.25) is 0 Å². The molecule has 0 aliphatic heterocycles. The topological polar surface area (TPSA) is 90.7 Å². The molecule has 0 saturated carbocycles. The average molecular weight is 264 g/mol. The summed E-state index contributed by atoms with van der Waals surface area (Å²) in [6, 6.07) is 4.26. The number of anilines is 1. The Bertz CT molecular complexity index is 486. The molecule has 6 heteroatoms. The van der Waals surface area contributed by atoms with E-state index >= 15 is 0 Å². The second-order valence-electron chi connectivity index (χ2n) is 3.60. The van der Waals surface area contributed by atoms with Gasteiger partial charge in [0.25, 0.3) is 5.91 Å². The zero-order chi connectivity index (χ0) is 14.3. The molecule has 0 unspecified atom stereocenters. The van der Waals surface area contributed by atoms with Crippen molar-refractivity contribution in [1.82, 2.24) is 5.48 Å². The Morgan fingerprint density at radius 1 is 1.37 bits per heavy atom. The Labute approximate surface area is 111 Å². The molecule has 6 nitrogen and oxygen atoms in total. The highest BCUT2D eigenvalue weighted by molar-refractivity contribution is 5.98. The van der Waals surface area contributed by atoms with Crippen molar-refractivity contribution in [3.63, 3.8) is 0 Å². The summed E-state index contributed by atoms with van der Waals surface area (Å²) in [7, 11) is 0. The quantitative estimate of drug-likeness (QED) is 0.350. The van der Waals surface area contributed by atoms with Crippen molar-refractivity contribution in [1.29, 1.82) is 0 Å². The first kappa shape index (κ1) is 14.7. The van der Waals surface area contributed by atoms with Crippen molar-refractivity contribution < 1.29 is 19.2 Å². The Balaban J connectivity index is 2.90. The molecule has 0 bridgehead atoms. The van der Waals surface area contributed by atoms with Crippen LogP contribution in [0.1, 0.15) is 27.6 Å². The van der Waals surface area contributed by atoms with Crippen LogP contribution in [-0.4, -0.2) is 25.1 Å². The first-order valence-corrected chi connectivity index (χ1v) is 5.69. The lowest BCUT2D eigenvalue weighted by atomic mass is 10.1. The smallest absolute Gasteiger partial charge is 0.338 e. The van der Waals surface area contributed by atoms with E-state index in [4.69, 9.17) is 15.3 Å². The monoisotopic (exact) mass is 264 g/mol. The first-order valence-electron chi connectivity index (χ1n) is 5.69. The number of hydrogen-bond acceptors (Lipinski definition) is 5. The van der Waals surface area contributed by atoms with Crippen LogP contribution in [0.15, 0.2) is 30.9 Å². The van der Waals surface area contributed by atoms with Gasteiger partial charge in [0.2, 0.25) is 0 Å². The van der Waals surface area contributed by atoms with Gasteiger partial charge in [-0.15, -0.1) is 0 Å².